The number of benzene rings is 19. The molecule has 0 radical (unpaired) electrons. The Morgan fingerprint density at radius 3 is 0.957 bits per heavy atom. The lowest BCUT2D eigenvalue weighted by Crippen LogP contribution is -2.00. The number of para-hydroxylation sites is 9. The van der Waals surface area contributed by atoms with Gasteiger partial charge in [0.05, 0.1) is 114 Å². The summed E-state index contributed by atoms with van der Waals surface area (Å²) >= 11 is 7.16. The molecular formula is C126H74N10OS4. The molecule has 0 unspecified atom stereocenters. The third-order valence-corrected chi connectivity index (χ3v) is 32.5. The molecule has 31 aromatic rings. The van der Waals surface area contributed by atoms with Crippen LogP contribution in [-0.4, -0.2) is 48.2 Å². The predicted octanol–water partition coefficient (Wildman–Crippen LogP) is 35.2. The van der Waals surface area contributed by atoms with E-state index in [4.69, 9.17) is 34.3 Å². The third kappa shape index (κ3) is 12.7. The summed E-state index contributed by atoms with van der Waals surface area (Å²) in [5.41, 5.74) is 27.4. The van der Waals surface area contributed by atoms with E-state index in [-0.39, 0.29) is 0 Å². The second-order valence-electron chi connectivity index (χ2n) is 35.6. The molecule has 0 fully saturated rings. The second-order valence-corrected chi connectivity index (χ2v) is 39.8. The van der Waals surface area contributed by atoms with Gasteiger partial charge in [0.2, 0.25) is 0 Å². The molecule has 0 atom stereocenters. The van der Waals surface area contributed by atoms with E-state index in [1.54, 1.807) is 34.0 Å². The number of nitrogens with zero attached hydrogens (tertiary/aromatic N) is 10. The minimum atomic E-state index is 0.705. The molecule has 658 valence electrons. The van der Waals surface area contributed by atoms with Crippen LogP contribution in [0.2, 0.25) is 0 Å². The van der Waals surface area contributed by atoms with Crippen LogP contribution in [0.3, 0.4) is 0 Å². The van der Waals surface area contributed by atoms with E-state index in [1.807, 2.05) is 29.5 Å². The van der Waals surface area contributed by atoms with Gasteiger partial charge in [0.1, 0.15) is 11.2 Å². The minimum absolute atomic E-state index is 0.705. The lowest BCUT2D eigenvalue weighted by molar-refractivity contribution is 0.673. The van der Waals surface area contributed by atoms with Crippen LogP contribution in [0, 0.1) is 0 Å². The van der Waals surface area contributed by atoms with Gasteiger partial charge in [0.25, 0.3) is 0 Å². The summed E-state index contributed by atoms with van der Waals surface area (Å²) in [5.74, 6) is 2.15. The van der Waals surface area contributed by atoms with Crippen molar-refractivity contribution in [3.05, 3.63) is 449 Å². The van der Waals surface area contributed by atoms with E-state index in [0.29, 0.717) is 11.6 Å². The highest BCUT2D eigenvalue weighted by atomic mass is 32.1. The summed E-state index contributed by atoms with van der Waals surface area (Å²) in [4.78, 5) is 32.0. The van der Waals surface area contributed by atoms with Gasteiger partial charge in [-0.1, -0.05) is 322 Å². The van der Waals surface area contributed by atoms with Crippen LogP contribution in [0.15, 0.2) is 453 Å². The van der Waals surface area contributed by atoms with Gasteiger partial charge in [0, 0.05) is 138 Å². The highest BCUT2D eigenvalue weighted by Gasteiger charge is 2.30. The van der Waals surface area contributed by atoms with E-state index in [1.165, 1.54) is 94.0 Å². The standard InChI is InChI=1S/C46H28N4S.C40H23N3OS.C40H23N3S2/c1-3-15-29(16-4-1)42-45-43(35-22-10-14-26-40(35)51-45)48-46(47-42)34-21-9-13-25-38(34)50-37-24-12-8-20-33(37)41-39(50)28-27-32-31-19-7-11-23-36(31)49(44(32)41)30-17-5-2-6-18-30;2*1-2-12-24(13-3-1)36-39-37(29-17-7-11-21-34(29)45-39)42-40(41-36)28-16-5-9-19-31(28)43-30-18-8-4-15-27(30)35-32(43)23-22-26-25-14-6-10-20-33(25)44-38(26)35/h1-28H;2*1-23H. The van der Waals surface area contributed by atoms with E-state index in [9.17, 15) is 0 Å². The van der Waals surface area contributed by atoms with E-state index in [2.05, 4.69) is 449 Å². The van der Waals surface area contributed by atoms with Crippen LogP contribution in [0.25, 0.3) is 281 Å². The zero-order valence-electron chi connectivity index (χ0n) is 75.2. The van der Waals surface area contributed by atoms with E-state index >= 15 is 0 Å². The smallest absolute Gasteiger partial charge is 0.162 e. The molecule has 12 heterocycles. The number of aromatic nitrogens is 10. The van der Waals surface area contributed by atoms with Gasteiger partial charge in [-0.05, 0) is 127 Å². The maximum Gasteiger partial charge on any atom is 0.162 e. The number of rotatable bonds is 10. The fraction of sp³-hybridized carbons (Fsp3) is 0. The van der Waals surface area contributed by atoms with Gasteiger partial charge in [-0.2, -0.15) is 0 Å². The zero-order chi connectivity index (χ0) is 92.4. The molecule has 19 aromatic carbocycles. The van der Waals surface area contributed by atoms with Gasteiger partial charge in [-0.3, -0.25) is 0 Å². The Labute approximate surface area is 821 Å². The van der Waals surface area contributed by atoms with Crippen molar-refractivity contribution >= 4 is 236 Å². The van der Waals surface area contributed by atoms with E-state index in [0.717, 1.165) is 175 Å². The third-order valence-electron chi connectivity index (χ3n) is 27.8. The molecule has 0 aliphatic rings. The Bertz CT molecular complexity index is 10200. The van der Waals surface area contributed by atoms with Crippen LogP contribution in [0.4, 0.5) is 0 Å². The molecule has 0 spiro atoms. The maximum atomic E-state index is 6.55. The van der Waals surface area contributed by atoms with Crippen LogP contribution in [0.5, 0.6) is 0 Å². The molecule has 141 heavy (non-hydrogen) atoms. The van der Waals surface area contributed by atoms with Gasteiger partial charge >= 0.3 is 0 Å². The molecule has 15 heteroatoms. The quantitative estimate of drug-likeness (QED) is 0.134. The highest BCUT2D eigenvalue weighted by Crippen LogP contribution is 2.51. The number of hydrogen-bond acceptors (Lipinski definition) is 11. The summed E-state index contributed by atoms with van der Waals surface area (Å²) in [7, 11) is 0. The Hall–Kier alpha value is -17.7. The number of thiophene rings is 4. The fourth-order valence-corrected chi connectivity index (χ4v) is 26.4. The van der Waals surface area contributed by atoms with Crippen molar-refractivity contribution in [2.45, 2.75) is 0 Å². The number of fused-ring (bicyclic) bond motifs is 30. The summed E-state index contributed by atoms with van der Waals surface area (Å²) in [6.45, 7) is 0. The molecule has 0 bridgehead atoms. The molecular weight excluding hydrogens is 1800 g/mol. The summed E-state index contributed by atoms with van der Waals surface area (Å²) in [5, 5.41) is 18.1. The van der Waals surface area contributed by atoms with Crippen LogP contribution in [0.1, 0.15) is 0 Å². The van der Waals surface area contributed by atoms with Crippen molar-refractivity contribution in [1.82, 2.24) is 48.2 Å². The molecule has 0 aliphatic heterocycles. The van der Waals surface area contributed by atoms with E-state index < -0.39 is 0 Å². The maximum absolute atomic E-state index is 6.55. The zero-order valence-corrected chi connectivity index (χ0v) is 78.5. The minimum Gasteiger partial charge on any atom is -0.455 e. The van der Waals surface area contributed by atoms with Crippen LogP contribution < -0.4 is 0 Å². The average molecular weight is 1870 g/mol. The predicted molar refractivity (Wildman–Crippen MR) is 595 cm³/mol. The summed E-state index contributed by atoms with van der Waals surface area (Å²) < 4.78 is 25.8. The highest BCUT2D eigenvalue weighted by molar-refractivity contribution is 7.27. The summed E-state index contributed by atoms with van der Waals surface area (Å²) in [6.07, 6.45) is 0. The number of hydrogen-bond donors (Lipinski definition) is 0. The van der Waals surface area contributed by atoms with Crippen LogP contribution in [-0.2, 0) is 0 Å². The molecule has 0 N–H and O–H groups in total. The van der Waals surface area contributed by atoms with Crippen molar-refractivity contribution in [3.63, 3.8) is 0 Å². The second kappa shape index (κ2) is 32.5. The largest absolute Gasteiger partial charge is 0.455 e. The molecule has 0 saturated heterocycles. The average Bonchev–Trinajstić information content (AvgIpc) is 1.52. The topological polar surface area (TPSA) is 110 Å². The van der Waals surface area contributed by atoms with Gasteiger partial charge in [-0.25, -0.2) is 29.9 Å². The molecule has 11 nitrogen and oxygen atoms in total. The first-order valence-corrected chi connectivity index (χ1v) is 50.5. The number of furan rings is 1. The van der Waals surface area contributed by atoms with Crippen molar-refractivity contribution < 1.29 is 4.42 Å². The molecule has 0 saturated carbocycles. The first-order chi connectivity index (χ1) is 70.0. The molecule has 0 aliphatic carbocycles. The molecule has 31 rings (SSSR count). The first-order valence-electron chi connectivity index (χ1n) is 47.2. The van der Waals surface area contributed by atoms with Crippen molar-refractivity contribution in [3.8, 4) is 90.7 Å². The monoisotopic (exact) mass is 1870 g/mol. The van der Waals surface area contributed by atoms with Crippen molar-refractivity contribution in [2.24, 2.45) is 0 Å². The lowest BCUT2D eigenvalue weighted by Gasteiger charge is -2.14. The first kappa shape index (κ1) is 80.6. The lowest BCUT2D eigenvalue weighted by atomic mass is 10.1. The van der Waals surface area contributed by atoms with Crippen molar-refractivity contribution in [1.29, 1.82) is 0 Å². The van der Waals surface area contributed by atoms with Gasteiger partial charge in [-0.15, -0.1) is 45.3 Å². The molecule has 12 aromatic heterocycles. The fourth-order valence-electron chi connectivity index (χ4n) is 21.7. The Morgan fingerprint density at radius 2 is 0.504 bits per heavy atom. The summed E-state index contributed by atoms with van der Waals surface area (Å²) in [6, 6.07) is 159. The molecule has 0 amide bonds. The van der Waals surface area contributed by atoms with Gasteiger partial charge in [0.15, 0.2) is 17.5 Å². The van der Waals surface area contributed by atoms with Gasteiger partial charge < -0.3 is 22.7 Å². The van der Waals surface area contributed by atoms with Crippen LogP contribution >= 0.6 is 45.3 Å². The SMILES string of the molecule is c1ccc(-c2nc(-c3ccccc3-n3c4ccccc4c4c3ccc3c5ccccc5n(-c5ccccc5)c34)nc3c2sc2ccccc23)cc1.c1ccc(-c2nc(-c3ccccc3-n3c4ccccc4c4c5oc6ccccc6c5ccc43)nc3c2sc2ccccc23)cc1.c1ccc(-c2nc(-c3ccccc3-n3c4ccccc4c4c5sc6ccccc6c5ccc43)nc3c2sc2ccccc23)cc1. The normalized spacial score (nSPS) is 12.0. The Balaban J connectivity index is 0.000000102. The Morgan fingerprint density at radius 1 is 0.191 bits per heavy atom. The van der Waals surface area contributed by atoms with Crippen molar-refractivity contribution in [2.75, 3.05) is 0 Å². The Kier molecular flexibility index (Phi) is 18.6.